The second kappa shape index (κ2) is 8.88. The van der Waals surface area contributed by atoms with E-state index in [0.717, 1.165) is 42.7 Å². The average Bonchev–Trinajstić information content (AvgIpc) is 3.34. The molecule has 1 aromatic carbocycles. The largest absolute Gasteiger partial charge is 0.478 e. The highest BCUT2D eigenvalue weighted by Crippen LogP contribution is 2.33. The summed E-state index contributed by atoms with van der Waals surface area (Å²) in [6, 6.07) is 2.81. The van der Waals surface area contributed by atoms with Crippen LogP contribution in [0, 0.1) is 23.5 Å². The molecule has 0 saturated carbocycles. The van der Waals surface area contributed by atoms with Crippen LogP contribution in [0.15, 0.2) is 28.2 Å². The smallest absolute Gasteiger partial charge is 0.257 e. The zero-order valence-corrected chi connectivity index (χ0v) is 16.9. The number of rotatable bonds is 5. The predicted molar refractivity (Wildman–Crippen MR) is 108 cm³/mol. The molecule has 1 N–H and O–H groups in total. The van der Waals surface area contributed by atoms with Gasteiger partial charge in [-0.15, -0.1) is 0 Å². The first-order chi connectivity index (χ1) is 14.5. The van der Waals surface area contributed by atoms with Gasteiger partial charge in [0.25, 0.3) is 5.56 Å². The summed E-state index contributed by atoms with van der Waals surface area (Å²) in [5, 5.41) is 3.39. The molecular formula is C21H19F2N3O3S. The topological polar surface area (TPSA) is 73.2 Å². The van der Waals surface area contributed by atoms with E-state index in [1.807, 2.05) is 0 Å². The Hall–Kier alpha value is -2.86. The number of benzene rings is 1. The Morgan fingerprint density at radius 2 is 2.20 bits per heavy atom. The van der Waals surface area contributed by atoms with Gasteiger partial charge in [-0.3, -0.25) is 14.2 Å². The summed E-state index contributed by atoms with van der Waals surface area (Å²) in [5.74, 6) is 4.25. The zero-order chi connectivity index (χ0) is 21.1. The normalized spacial score (nSPS) is 16.4. The summed E-state index contributed by atoms with van der Waals surface area (Å²) in [5.41, 5.74) is 1.68. The van der Waals surface area contributed by atoms with Crippen LogP contribution in [0.2, 0.25) is 0 Å². The summed E-state index contributed by atoms with van der Waals surface area (Å²) >= 11 is 1.51. The highest BCUT2D eigenvalue weighted by molar-refractivity contribution is 7.99. The molecule has 0 radical (unpaired) electrons. The van der Waals surface area contributed by atoms with Gasteiger partial charge < -0.3 is 10.1 Å². The van der Waals surface area contributed by atoms with Gasteiger partial charge in [0.2, 0.25) is 5.91 Å². The van der Waals surface area contributed by atoms with Gasteiger partial charge in [0.05, 0.1) is 18.3 Å². The van der Waals surface area contributed by atoms with Crippen molar-refractivity contribution in [3.63, 3.8) is 0 Å². The number of aryl methyl sites for hydroxylation is 1. The number of nitrogens with one attached hydrogen (secondary N) is 1. The fraction of sp³-hybridized carbons (Fsp3) is 0.381. The first-order valence-electron chi connectivity index (χ1n) is 9.60. The van der Waals surface area contributed by atoms with Gasteiger partial charge in [0.1, 0.15) is 12.4 Å². The SMILES string of the molecule is O=C(CC1CSc2nc3c(c(=O)n21)CCC3)NCC#CCOc1ccc(F)cc1F. The minimum Gasteiger partial charge on any atom is -0.478 e. The Balaban J connectivity index is 1.26. The van der Waals surface area contributed by atoms with Gasteiger partial charge >= 0.3 is 0 Å². The lowest BCUT2D eigenvalue weighted by molar-refractivity contribution is -0.121. The van der Waals surface area contributed by atoms with E-state index in [9.17, 15) is 18.4 Å². The molecule has 2 aromatic rings. The molecule has 1 aromatic heterocycles. The molecule has 2 aliphatic rings. The monoisotopic (exact) mass is 431 g/mol. The van der Waals surface area contributed by atoms with E-state index < -0.39 is 11.6 Å². The number of carbonyl (C=O) groups is 1. The molecule has 1 aliphatic carbocycles. The Kier molecular flexibility index (Phi) is 6.04. The molecule has 6 nitrogen and oxygen atoms in total. The van der Waals surface area contributed by atoms with E-state index in [2.05, 4.69) is 22.1 Å². The summed E-state index contributed by atoms with van der Waals surface area (Å²) in [7, 11) is 0. The van der Waals surface area contributed by atoms with E-state index in [-0.39, 0.29) is 42.8 Å². The lowest BCUT2D eigenvalue weighted by Gasteiger charge is -2.13. The molecule has 0 fully saturated rings. The average molecular weight is 431 g/mol. The highest BCUT2D eigenvalue weighted by Gasteiger charge is 2.30. The number of carbonyl (C=O) groups excluding carboxylic acids is 1. The lowest BCUT2D eigenvalue weighted by atomic mass is 10.2. The maximum absolute atomic E-state index is 13.4. The van der Waals surface area contributed by atoms with Crippen LogP contribution < -0.4 is 15.6 Å². The van der Waals surface area contributed by atoms with Crippen molar-refractivity contribution in [2.24, 2.45) is 0 Å². The van der Waals surface area contributed by atoms with Crippen molar-refractivity contribution in [1.29, 1.82) is 0 Å². The molecule has 0 spiro atoms. The summed E-state index contributed by atoms with van der Waals surface area (Å²) in [6.07, 6.45) is 2.73. The number of aromatic nitrogens is 2. The fourth-order valence-electron chi connectivity index (χ4n) is 3.55. The second-order valence-corrected chi connectivity index (χ2v) is 8.00. The van der Waals surface area contributed by atoms with Crippen LogP contribution in [0.5, 0.6) is 5.75 Å². The molecule has 2 heterocycles. The minimum absolute atomic E-state index is 0.0136. The first kappa shape index (κ1) is 20.4. The molecule has 156 valence electrons. The summed E-state index contributed by atoms with van der Waals surface area (Å²) in [6.45, 7) is 0.0232. The van der Waals surface area contributed by atoms with Gasteiger partial charge in [-0.05, 0) is 31.4 Å². The van der Waals surface area contributed by atoms with Crippen molar-refractivity contribution in [3.8, 4) is 17.6 Å². The summed E-state index contributed by atoms with van der Waals surface area (Å²) in [4.78, 5) is 29.6. The molecule has 1 aliphatic heterocycles. The van der Waals surface area contributed by atoms with E-state index in [1.54, 1.807) is 4.57 Å². The number of hydrogen-bond donors (Lipinski definition) is 1. The van der Waals surface area contributed by atoms with Crippen LogP contribution in [0.4, 0.5) is 8.78 Å². The van der Waals surface area contributed by atoms with Gasteiger partial charge in [-0.2, -0.15) is 0 Å². The van der Waals surface area contributed by atoms with E-state index >= 15 is 0 Å². The van der Waals surface area contributed by atoms with Crippen LogP contribution in [-0.4, -0.2) is 34.4 Å². The van der Waals surface area contributed by atoms with Gasteiger partial charge in [-0.25, -0.2) is 13.8 Å². The summed E-state index contributed by atoms with van der Waals surface area (Å²) < 4.78 is 33.0. The third kappa shape index (κ3) is 4.33. The van der Waals surface area contributed by atoms with Crippen LogP contribution in [0.1, 0.15) is 30.1 Å². The third-order valence-corrected chi connectivity index (χ3v) is 6.08. The van der Waals surface area contributed by atoms with E-state index in [1.165, 1.54) is 17.8 Å². The Bertz CT molecular complexity index is 1110. The maximum atomic E-state index is 13.4. The lowest BCUT2D eigenvalue weighted by Crippen LogP contribution is -2.32. The first-order valence-corrected chi connectivity index (χ1v) is 10.6. The third-order valence-electron chi connectivity index (χ3n) is 4.99. The maximum Gasteiger partial charge on any atom is 0.257 e. The van der Waals surface area contributed by atoms with E-state index in [4.69, 9.17) is 4.74 Å². The number of amides is 1. The highest BCUT2D eigenvalue weighted by atomic mass is 32.2. The van der Waals surface area contributed by atoms with Crippen molar-refractivity contribution in [3.05, 3.63) is 51.4 Å². The standard InChI is InChI=1S/C21H19F2N3O3S/c22-13-6-7-18(16(23)10-13)29-9-2-1-8-24-19(27)11-14-12-30-21-25-17-5-3-4-15(17)20(28)26(14)21/h6-7,10,14H,3-5,8-9,11-12H2,(H,24,27). The molecule has 1 unspecified atom stereocenters. The molecule has 30 heavy (non-hydrogen) atoms. The molecule has 4 rings (SSSR count). The van der Waals surface area contributed by atoms with Crippen molar-refractivity contribution in [2.75, 3.05) is 18.9 Å². The zero-order valence-electron chi connectivity index (χ0n) is 16.0. The number of nitrogens with zero attached hydrogens (tertiary/aromatic N) is 2. The van der Waals surface area contributed by atoms with Crippen LogP contribution in [0.25, 0.3) is 0 Å². The number of fused-ring (bicyclic) bond motifs is 2. The Labute approximate surface area is 176 Å². The van der Waals surface area contributed by atoms with Crippen LogP contribution in [-0.2, 0) is 17.6 Å². The minimum atomic E-state index is -0.796. The molecule has 9 heteroatoms. The number of halogens is 2. The van der Waals surface area contributed by atoms with E-state index in [0.29, 0.717) is 10.9 Å². The molecule has 0 bridgehead atoms. The number of thioether (sulfide) groups is 1. The fourth-order valence-corrected chi connectivity index (χ4v) is 4.71. The Morgan fingerprint density at radius 3 is 3.03 bits per heavy atom. The van der Waals surface area contributed by atoms with Crippen LogP contribution in [0.3, 0.4) is 0 Å². The van der Waals surface area contributed by atoms with Gasteiger partial charge in [-0.1, -0.05) is 23.6 Å². The van der Waals surface area contributed by atoms with Gasteiger partial charge in [0, 0.05) is 23.8 Å². The Morgan fingerprint density at radius 1 is 1.33 bits per heavy atom. The van der Waals surface area contributed by atoms with Crippen molar-refractivity contribution in [2.45, 2.75) is 36.9 Å². The molecular weight excluding hydrogens is 412 g/mol. The molecule has 0 saturated heterocycles. The van der Waals surface area contributed by atoms with Crippen molar-refractivity contribution >= 4 is 17.7 Å². The predicted octanol–water partition coefficient (Wildman–Crippen LogP) is 2.25. The number of ether oxygens (including phenoxy) is 1. The van der Waals surface area contributed by atoms with Gasteiger partial charge in [0.15, 0.2) is 16.7 Å². The van der Waals surface area contributed by atoms with Crippen molar-refractivity contribution < 1.29 is 18.3 Å². The van der Waals surface area contributed by atoms with Crippen LogP contribution >= 0.6 is 11.8 Å². The van der Waals surface area contributed by atoms with Crippen molar-refractivity contribution in [1.82, 2.24) is 14.9 Å². The molecule has 1 amide bonds. The second-order valence-electron chi connectivity index (χ2n) is 7.01. The quantitative estimate of drug-likeness (QED) is 0.581. The number of hydrogen-bond acceptors (Lipinski definition) is 5. The molecule has 1 atom stereocenters.